The highest BCUT2D eigenvalue weighted by molar-refractivity contribution is 6.01. The number of imidazole rings is 1. The maximum absolute atomic E-state index is 12.2. The summed E-state index contributed by atoms with van der Waals surface area (Å²) in [4.78, 5) is 17.1. The van der Waals surface area contributed by atoms with Gasteiger partial charge in [-0.2, -0.15) is 0 Å². The highest BCUT2D eigenvalue weighted by Gasteiger charge is 2.19. The summed E-state index contributed by atoms with van der Waals surface area (Å²) in [5, 5.41) is 0. The summed E-state index contributed by atoms with van der Waals surface area (Å²) in [6, 6.07) is 20.5. The zero-order valence-electron chi connectivity index (χ0n) is 16.3. The molecule has 4 aromatic rings. The number of rotatable bonds is 4. The van der Waals surface area contributed by atoms with Crippen molar-refractivity contribution in [1.29, 1.82) is 0 Å². The summed E-state index contributed by atoms with van der Waals surface area (Å²) >= 11 is 0. The van der Waals surface area contributed by atoms with Gasteiger partial charge in [-0.25, -0.2) is 4.98 Å². The van der Waals surface area contributed by atoms with E-state index in [2.05, 4.69) is 61.5 Å². The molecule has 0 aliphatic rings. The Morgan fingerprint density at radius 3 is 2.29 bits per heavy atom. The van der Waals surface area contributed by atoms with Crippen LogP contribution in [0.25, 0.3) is 34.2 Å². The van der Waals surface area contributed by atoms with Crippen molar-refractivity contribution in [3.05, 3.63) is 89.6 Å². The molecule has 0 saturated heterocycles. The van der Waals surface area contributed by atoms with E-state index in [1.165, 1.54) is 5.56 Å². The molecule has 0 unspecified atom stereocenters. The predicted molar refractivity (Wildman–Crippen MR) is 116 cm³/mol. The van der Waals surface area contributed by atoms with E-state index in [0.29, 0.717) is 11.2 Å². The van der Waals surface area contributed by atoms with Crippen molar-refractivity contribution in [3.63, 3.8) is 0 Å². The van der Waals surface area contributed by atoms with Crippen molar-refractivity contribution in [3.8, 4) is 22.5 Å². The number of ketones is 1. The molecule has 3 heteroatoms. The fourth-order valence-corrected chi connectivity index (χ4v) is 3.48. The van der Waals surface area contributed by atoms with Crippen molar-refractivity contribution in [2.75, 3.05) is 0 Å². The number of pyridine rings is 1. The second-order valence-electron chi connectivity index (χ2n) is 6.97. The molecule has 138 valence electrons. The number of aromatic nitrogens is 2. The SMILES string of the molecule is C/C=C/c1ccc(-c2c(-c3ccc(C)cc3)nc3c(C(C)=O)cccn23)cc1. The van der Waals surface area contributed by atoms with Crippen molar-refractivity contribution in [2.24, 2.45) is 0 Å². The Labute approximate surface area is 165 Å². The first-order valence-corrected chi connectivity index (χ1v) is 9.40. The number of aryl methyl sites for hydroxylation is 1. The Morgan fingerprint density at radius 2 is 1.64 bits per heavy atom. The lowest BCUT2D eigenvalue weighted by Crippen LogP contribution is -1.98. The van der Waals surface area contributed by atoms with Gasteiger partial charge in [0, 0.05) is 17.3 Å². The molecule has 0 N–H and O–H groups in total. The van der Waals surface area contributed by atoms with Crippen LogP contribution in [0.4, 0.5) is 0 Å². The number of hydrogen-bond acceptors (Lipinski definition) is 2. The van der Waals surface area contributed by atoms with Crippen LogP contribution in [0.2, 0.25) is 0 Å². The van der Waals surface area contributed by atoms with Gasteiger partial charge < -0.3 is 0 Å². The number of nitrogens with zero attached hydrogens (tertiary/aromatic N) is 2. The van der Waals surface area contributed by atoms with Crippen LogP contribution in [0.3, 0.4) is 0 Å². The number of allylic oxidation sites excluding steroid dienone is 1. The van der Waals surface area contributed by atoms with E-state index in [9.17, 15) is 4.79 Å². The van der Waals surface area contributed by atoms with Gasteiger partial charge in [-0.3, -0.25) is 9.20 Å². The minimum absolute atomic E-state index is 0.0148. The third-order valence-corrected chi connectivity index (χ3v) is 4.90. The number of hydrogen-bond donors (Lipinski definition) is 0. The predicted octanol–water partition coefficient (Wildman–Crippen LogP) is 6.21. The lowest BCUT2D eigenvalue weighted by molar-refractivity contribution is 0.101. The average molecular weight is 366 g/mol. The molecule has 4 rings (SSSR count). The first kappa shape index (κ1) is 17.9. The second kappa shape index (κ2) is 7.28. The maximum atomic E-state index is 12.2. The molecule has 0 saturated carbocycles. The largest absolute Gasteiger partial charge is 0.298 e. The Kier molecular flexibility index (Phi) is 4.66. The van der Waals surface area contributed by atoms with Crippen LogP contribution < -0.4 is 0 Å². The summed E-state index contributed by atoms with van der Waals surface area (Å²) < 4.78 is 2.02. The minimum atomic E-state index is 0.0148. The van der Waals surface area contributed by atoms with Crippen LogP contribution in [-0.4, -0.2) is 15.2 Å². The van der Waals surface area contributed by atoms with E-state index in [1.807, 2.05) is 35.7 Å². The third kappa shape index (κ3) is 3.16. The molecule has 0 amide bonds. The van der Waals surface area contributed by atoms with Gasteiger partial charge in [0.1, 0.15) is 5.65 Å². The van der Waals surface area contributed by atoms with Crippen molar-refractivity contribution < 1.29 is 4.79 Å². The molecule has 0 aliphatic heterocycles. The van der Waals surface area contributed by atoms with E-state index >= 15 is 0 Å². The van der Waals surface area contributed by atoms with Gasteiger partial charge in [0.05, 0.1) is 17.0 Å². The smallest absolute Gasteiger partial charge is 0.163 e. The topological polar surface area (TPSA) is 34.4 Å². The number of fused-ring (bicyclic) bond motifs is 1. The molecule has 0 radical (unpaired) electrons. The Morgan fingerprint density at radius 1 is 0.964 bits per heavy atom. The van der Waals surface area contributed by atoms with Crippen LogP contribution in [0.15, 0.2) is 72.9 Å². The van der Waals surface area contributed by atoms with Crippen molar-refractivity contribution in [2.45, 2.75) is 20.8 Å². The van der Waals surface area contributed by atoms with Crippen molar-refractivity contribution >= 4 is 17.5 Å². The summed E-state index contributed by atoms with van der Waals surface area (Å²) in [5.74, 6) is 0.0148. The molecule has 0 atom stereocenters. The quantitative estimate of drug-likeness (QED) is 0.402. The average Bonchev–Trinajstić information content (AvgIpc) is 3.09. The maximum Gasteiger partial charge on any atom is 0.163 e. The first-order valence-electron chi connectivity index (χ1n) is 9.40. The molecule has 28 heavy (non-hydrogen) atoms. The van der Waals surface area contributed by atoms with Crippen LogP contribution in [0, 0.1) is 6.92 Å². The lowest BCUT2D eigenvalue weighted by atomic mass is 10.0. The van der Waals surface area contributed by atoms with Gasteiger partial charge in [0.2, 0.25) is 0 Å². The molecule has 0 spiro atoms. The van der Waals surface area contributed by atoms with E-state index in [1.54, 1.807) is 6.92 Å². The molecular weight excluding hydrogens is 344 g/mol. The summed E-state index contributed by atoms with van der Waals surface area (Å²) in [6.45, 7) is 5.67. The molecule has 2 heterocycles. The van der Waals surface area contributed by atoms with E-state index in [4.69, 9.17) is 4.98 Å². The Balaban J connectivity index is 2.01. The monoisotopic (exact) mass is 366 g/mol. The van der Waals surface area contributed by atoms with Gasteiger partial charge in [0.25, 0.3) is 0 Å². The van der Waals surface area contributed by atoms with E-state index in [0.717, 1.165) is 28.1 Å². The zero-order chi connectivity index (χ0) is 19.7. The summed E-state index contributed by atoms with van der Waals surface area (Å²) in [5.41, 5.74) is 7.66. The third-order valence-electron chi connectivity index (χ3n) is 4.90. The molecule has 0 aliphatic carbocycles. The number of benzene rings is 2. The molecule has 2 aromatic carbocycles. The normalized spacial score (nSPS) is 11.4. The number of carbonyl (C=O) groups excluding carboxylic acids is 1. The fraction of sp³-hybridized carbons (Fsp3) is 0.120. The van der Waals surface area contributed by atoms with Crippen LogP contribution in [0.1, 0.15) is 35.3 Å². The molecule has 0 fully saturated rings. The zero-order valence-corrected chi connectivity index (χ0v) is 16.3. The fourth-order valence-electron chi connectivity index (χ4n) is 3.48. The minimum Gasteiger partial charge on any atom is -0.298 e. The van der Waals surface area contributed by atoms with Gasteiger partial charge in [-0.15, -0.1) is 0 Å². The Bertz CT molecular complexity index is 1180. The van der Waals surface area contributed by atoms with Gasteiger partial charge in [0.15, 0.2) is 5.78 Å². The molecule has 2 aromatic heterocycles. The standard InChI is InChI=1S/C25H22N2O/c1-4-6-19-10-14-21(15-11-19)24-23(20-12-8-17(2)9-13-20)26-25-22(18(3)28)7-5-16-27(24)25/h4-16H,1-3H3/b6-4+. The highest BCUT2D eigenvalue weighted by atomic mass is 16.1. The first-order chi connectivity index (χ1) is 13.6. The molecule has 0 bridgehead atoms. The Hall–Kier alpha value is -3.46. The van der Waals surface area contributed by atoms with Crippen LogP contribution >= 0.6 is 0 Å². The molecule has 3 nitrogen and oxygen atoms in total. The van der Waals surface area contributed by atoms with Crippen LogP contribution in [0.5, 0.6) is 0 Å². The van der Waals surface area contributed by atoms with Gasteiger partial charge in [-0.05, 0) is 38.5 Å². The number of Topliss-reactive ketones (excluding diaryl/α,β-unsaturated/α-hetero) is 1. The van der Waals surface area contributed by atoms with E-state index in [-0.39, 0.29) is 5.78 Å². The summed E-state index contributed by atoms with van der Waals surface area (Å²) in [7, 11) is 0. The number of carbonyl (C=O) groups is 1. The van der Waals surface area contributed by atoms with Crippen LogP contribution in [-0.2, 0) is 0 Å². The summed E-state index contributed by atoms with van der Waals surface area (Å²) in [6.07, 6.45) is 6.08. The van der Waals surface area contributed by atoms with Crippen molar-refractivity contribution in [1.82, 2.24) is 9.38 Å². The van der Waals surface area contributed by atoms with Gasteiger partial charge >= 0.3 is 0 Å². The highest BCUT2D eigenvalue weighted by Crippen LogP contribution is 2.34. The molecular formula is C25H22N2O. The van der Waals surface area contributed by atoms with E-state index < -0.39 is 0 Å². The second-order valence-corrected chi connectivity index (χ2v) is 6.97. The van der Waals surface area contributed by atoms with Gasteiger partial charge in [-0.1, -0.05) is 66.2 Å². The lowest BCUT2D eigenvalue weighted by Gasteiger charge is -2.07.